The molecule has 116 valence electrons. The van der Waals surface area contributed by atoms with Crippen molar-refractivity contribution in [1.29, 1.82) is 0 Å². The second-order valence-electron chi connectivity index (χ2n) is 4.76. The molecule has 2 aromatic rings. The Morgan fingerprint density at radius 3 is 2.86 bits per heavy atom. The number of halogens is 1. The lowest BCUT2D eigenvalue weighted by Gasteiger charge is -2.26. The van der Waals surface area contributed by atoms with Crippen molar-refractivity contribution in [2.45, 2.75) is 0 Å². The lowest BCUT2D eigenvalue weighted by molar-refractivity contribution is 0.193. The van der Waals surface area contributed by atoms with Crippen molar-refractivity contribution in [3.63, 3.8) is 0 Å². The first kappa shape index (κ1) is 15.0. The van der Waals surface area contributed by atoms with Gasteiger partial charge in [0, 0.05) is 30.5 Å². The molecule has 9 heteroatoms. The van der Waals surface area contributed by atoms with E-state index in [1.807, 2.05) is 0 Å². The Kier molecular flexibility index (Phi) is 4.71. The molecule has 1 saturated heterocycles. The van der Waals surface area contributed by atoms with Crippen LogP contribution in [0.5, 0.6) is 5.88 Å². The summed E-state index contributed by atoms with van der Waals surface area (Å²) in [6.07, 6.45) is 0. The fourth-order valence-electron chi connectivity index (χ4n) is 1.81. The van der Waals surface area contributed by atoms with Crippen molar-refractivity contribution in [2.24, 2.45) is 5.92 Å². The van der Waals surface area contributed by atoms with E-state index in [4.69, 9.17) is 16.3 Å². The highest BCUT2D eigenvalue weighted by atomic mass is 35.5. The van der Waals surface area contributed by atoms with Crippen molar-refractivity contribution < 1.29 is 9.53 Å². The second kappa shape index (κ2) is 6.91. The average Bonchev–Trinajstić information content (AvgIpc) is 2.82. The van der Waals surface area contributed by atoms with E-state index < -0.39 is 6.03 Å². The number of pyridine rings is 1. The molecule has 0 saturated carbocycles. The molecule has 3 rings (SSSR count). The molecular formula is C13H14ClN5O2S. The van der Waals surface area contributed by atoms with Crippen molar-refractivity contribution >= 4 is 40.6 Å². The van der Waals surface area contributed by atoms with Gasteiger partial charge in [0.1, 0.15) is 11.6 Å². The number of nitrogens with one attached hydrogen (secondary N) is 3. The van der Waals surface area contributed by atoms with E-state index in [-0.39, 0.29) is 0 Å². The Hall–Kier alpha value is -1.90. The number of hydrogen-bond donors (Lipinski definition) is 3. The van der Waals surface area contributed by atoms with E-state index in [9.17, 15) is 4.79 Å². The van der Waals surface area contributed by atoms with E-state index in [0.717, 1.165) is 13.1 Å². The molecule has 0 bridgehead atoms. The highest BCUT2D eigenvalue weighted by Crippen LogP contribution is 2.19. The van der Waals surface area contributed by atoms with Gasteiger partial charge < -0.3 is 10.1 Å². The monoisotopic (exact) mass is 339 g/mol. The van der Waals surface area contributed by atoms with Crippen LogP contribution in [-0.2, 0) is 0 Å². The number of rotatable bonds is 5. The maximum Gasteiger partial charge on any atom is 0.326 e. The number of urea groups is 1. The third-order valence-corrected chi connectivity index (χ3v) is 3.99. The first-order chi connectivity index (χ1) is 10.7. The highest BCUT2D eigenvalue weighted by Gasteiger charge is 2.17. The summed E-state index contributed by atoms with van der Waals surface area (Å²) in [6.45, 7) is 2.56. The van der Waals surface area contributed by atoms with E-state index in [2.05, 4.69) is 25.9 Å². The quantitative estimate of drug-likeness (QED) is 0.778. The van der Waals surface area contributed by atoms with E-state index in [0.29, 0.717) is 34.5 Å². The summed E-state index contributed by atoms with van der Waals surface area (Å²) in [6, 6.07) is 4.78. The zero-order valence-corrected chi connectivity index (χ0v) is 13.1. The highest BCUT2D eigenvalue weighted by molar-refractivity contribution is 7.14. The Morgan fingerprint density at radius 2 is 2.18 bits per heavy atom. The van der Waals surface area contributed by atoms with Gasteiger partial charge in [-0.1, -0.05) is 17.7 Å². The minimum absolute atomic E-state index is 0.370. The van der Waals surface area contributed by atoms with E-state index in [1.165, 1.54) is 11.3 Å². The normalized spacial score (nSPS) is 14.2. The minimum atomic E-state index is -0.435. The third kappa shape index (κ3) is 4.06. The third-order valence-electron chi connectivity index (χ3n) is 3.02. The largest absolute Gasteiger partial charge is 0.477 e. The Labute approximate surface area is 136 Å². The molecule has 0 aromatic carbocycles. The molecule has 0 atom stereocenters. The van der Waals surface area contributed by atoms with Gasteiger partial charge in [-0.05, 0) is 6.07 Å². The zero-order valence-electron chi connectivity index (χ0n) is 11.5. The van der Waals surface area contributed by atoms with Gasteiger partial charge in [-0.3, -0.25) is 10.6 Å². The van der Waals surface area contributed by atoms with Gasteiger partial charge in [0.2, 0.25) is 5.88 Å². The molecule has 0 aliphatic carbocycles. The van der Waals surface area contributed by atoms with Crippen LogP contribution in [0, 0.1) is 5.92 Å². The van der Waals surface area contributed by atoms with Gasteiger partial charge in [-0.15, -0.1) is 11.3 Å². The molecule has 3 heterocycles. The van der Waals surface area contributed by atoms with E-state index in [1.54, 1.807) is 23.6 Å². The molecule has 1 aliphatic heterocycles. The van der Waals surface area contributed by atoms with Crippen LogP contribution in [-0.4, -0.2) is 35.7 Å². The number of carbonyl (C=O) groups excluding carboxylic acids is 1. The smallest absolute Gasteiger partial charge is 0.326 e. The summed E-state index contributed by atoms with van der Waals surface area (Å²) in [5.41, 5.74) is 0. The van der Waals surface area contributed by atoms with Crippen LogP contribution < -0.4 is 20.7 Å². The summed E-state index contributed by atoms with van der Waals surface area (Å²) in [4.78, 5) is 20.0. The van der Waals surface area contributed by atoms with Gasteiger partial charge in [-0.2, -0.15) is 4.98 Å². The van der Waals surface area contributed by atoms with Crippen LogP contribution in [0.25, 0.3) is 0 Å². The van der Waals surface area contributed by atoms with Crippen molar-refractivity contribution in [3.8, 4) is 5.88 Å². The molecule has 2 amide bonds. The summed E-state index contributed by atoms with van der Waals surface area (Å²) in [5.74, 6) is 1.82. The number of carbonyl (C=O) groups is 1. The lowest BCUT2D eigenvalue weighted by atomic mass is 10.1. The maximum atomic E-state index is 11.8. The predicted octanol–water partition coefficient (Wildman–Crippen LogP) is 2.43. The molecule has 0 spiro atoms. The molecule has 0 radical (unpaired) electrons. The Bertz CT molecular complexity index is 661. The molecular weight excluding hydrogens is 326 g/mol. The van der Waals surface area contributed by atoms with Gasteiger partial charge >= 0.3 is 6.03 Å². The Morgan fingerprint density at radius 1 is 1.36 bits per heavy atom. The molecule has 1 aliphatic rings. The molecule has 7 nitrogen and oxygen atoms in total. The number of amides is 2. The topological polar surface area (TPSA) is 88.2 Å². The number of hydrogen-bond acceptors (Lipinski definition) is 6. The van der Waals surface area contributed by atoms with Crippen LogP contribution in [0.2, 0.25) is 4.47 Å². The minimum Gasteiger partial charge on any atom is -0.477 e. The number of anilines is 2. The van der Waals surface area contributed by atoms with Crippen molar-refractivity contribution in [2.75, 3.05) is 30.3 Å². The molecule has 22 heavy (non-hydrogen) atoms. The van der Waals surface area contributed by atoms with Gasteiger partial charge in [0.25, 0.3) is 0 Å². The first-order valence-electron chi connectivity index (χ1n) is 6.68. The first-order valence-corrected chi connectivity index (χ1v) is 7.94. The van der Waals surface area contributed by atoms with Gasteiger partial charge in [0.05, 0.1) is 6.61 Å². The summed E-state index contributed by atoms with van der Waals surface area (Å²) in [7, 11) is 0. The Balaban J connectivity index is 1.53. The number of thiazole rings is 1. The molecule has 0 unspecified atom stereocenters. The van der Waals surface area contributed by atoms with Crippen LogP contribution >= 0.6 is 22.9 Å². The van der Waals surface area contributed by atoms with Crippen LogP contribution in [0.15, 0.2) is 23.6 Å². The lowest BCUT2D eigenvalue weighted by Crippen LogP contribution is -2.45. The van der Waals surface area contributed by atoms with Crippen molar-refractivity contribution in [1.82, 2.24) is 15.3 Å². The fraction of sp³-hybridized carbons (Fsp3) is 0.308. The van der Waals surface area contributed by atoms with Crippen molar-refractivity contribution in [3.05, 3.63) is 28.0 Å². The van der Waals surface area contributed by atoms with Crippen LogP contribution in [0.1, 0.15) is 0 Å². The van der Waals surface area contributed by atoms with Crippen LogP contribution in [0.3, 0.4) is 0 Å². The fourth-order valence-corrected chi connectivity index (χ4v) is 2.50. The molecule has 3 N–H and O–H groups in total. The SMILES string of the molecule is O=C(Nc1cccc(OCC2CNC2)n1)Nc1csc(Cl)n1. The predicted molar refractivity (Wildman–Crippen MR) is 85.9 cm³/mol. The number of nitrogens with zero attached hydrogens (tertiary/aromatic N) is 2. The zero-order chi connectivity index (χ0) is 15.4. The summed E-state index contributed by atoms with van der Waals surface area (Å²) in [5, 5.41) is 10.0. The maximum absolute atomic E-state index is 11.8. The van der Waals surface area contributed by atoms with Gasteiger partial charge in [0.15, 0.2) is 4.47 Å². The molecule has 1 fully saturated rings. The number of aromatic nitrogens is 2. The molecule has 2 aromatic heterocycles. The average molecular weight is 340 g/mol. The standard InChI is InChI=1S/C13H14ClN5O2S/c14-12-17-10(7-22-12)19-13(20)18-9-2-1-3-11(16-9)21-6-8-4-15-5-8/h1-3,7-8,15H,4-6H2,(H2,16,18,19,20). The number of ether oxygens (including phenoxy) is 1. The van der Waals surface area contributed by atoms with E-state index >= 15 is 0 Å². The van der Waals surface area contributed by atoms with Gasteiger partial charge in [-0.25, -0.2) is 9.78 Å². The summed E-state index contributed by atoms with van der Waals surface area (Å²) < 4.78 is 5.97. The van der Waals surface area contributed by atoms with Crippen LogP contribution in [0.4, 0.5) is 16.4 Å². The summed E-state index contributed by atoms with van der Waals surface area (Å²) >= 11 is 6.95. The second-order valence-corrected chi connectivity index (χ2v) is 6.20.